The van der Waals surface area contributed by atoms with Crippen molar-refractivity contribution in [3.63, 3.8) is 0 Å². The average Bonchev–Trinajstić information content (AvgIpc) is 3.30. The first-order valence-electron chi connectivity index (χ1n) is 13.9. The highest BCUT2D eigenvalue weighted by atomic mass is 16.3. The zero-order valence-electron chi connectivity index (χ0n) is 23.9. The number of nitrogens with one attached hydrogen (secondary N) is 2. The maximum atomic E-state index is 10.4. The van der Waals surface area contributed by atoms with Gasteiger partial charge in [0, 0.05) is 23.5 Å². The highest BCUT2D eigenvalue weighted by Crippen LogP contribution is 2.56. The standard InChI is InChI=1S/C25H18O2.2C6H7NO/c26-19-13-9-17(10-14-19)25(18-11-15-20(27)16-12-18)23-7-3-1-5-21(23)22-6-2-4-8-24(22)25;2*1-5-3-2-4-6(8)7-5/h1-16,26-27H;2*2-4H,1H3,(H,7,8). The van der Waals surface area contributed by atoms with Gasteiger partial charge in [0.05, 0.1) is 5.41 Å². The summed E-state index contributed by atoms with van der Waals surface area (Å²) in [4.78, 5) is 26.1. The van der Waals surface area contributed by atoms with Gasteiger partial charge in [-0.15, -0.1) is 0 Å². The molecule has 0 bridgehead atoms. The van der Waals surface area contributed by atoms with E-state index in [1.165, 1.54) is 34.4 Å². The fourth-order valence-corrected chi connectivity index (χ4v) is 5.56. The number of benzene rings is 4. The summed E-state index contributed by atoms with van der Waals surface area (Å²) in [6.45, 7) is 3.70. The zero-order valence-corrected chi connectivity index (χ0v) is 23.9. The van der Waals surface area contributed by atoms with Crippen molar-refractivity contribution in [1.29, 1.82) is 0 Å². The van der Waals surface area contributed by atoms with E-state index in [0.29, 0.717) is 0 Å². The molecule has 1 aliphatic carbocycles. The molecule has 0 saturated carbocycles. The molecule has 6 aromatic rings. The molecule has 0 aliphatic heterocycles. The van der Waals surface area contributed by atoms with Crippen LogP contribution in [0.2, 0.25) is 0 Å². The van der Waals surface area contributed by atoms with Gasteiger partial charge in [0.15, 0.2) is 0 Å². The second-order valence-electron chi connectivity index (χ2n) is 10.3. The molecule has 0 atom stereocenters. The van der Waals surface area contributed by atoms with Crippen molar-refractivity contribution < 1.29 is 10.2 Å². The van der Waals surface area contributed by atoms with Gasteiger partial charge in [0.1, 0.15) is 11.5 Å². The molecule has 1 aliphatic rings. The summed E-state index contributed by atoms with van der Waals surface area (Å²) in [5.74, 6) is 0.498. The lowest BCUT2D eigenvalue weighted by molar-refractivity contribution is 0.475. The summed E-state index contributed by atoms with van der Waals surface area (Å²) in [6, 6.07) is 42.0. The van der Waals surface area contributed by atoms with Gasteiger partial charge >= 0.3 is 0 Å². The summed E-state index contributed by atoms with van der Waals surface area (Å²) in [6.07, 6.45) is 0. The van der Waals surface area contributed by atoms with Crippen molar-refractivity contribution in [1.82, 2.24) is 9.97 Å². The monoisotopic (exact) mass is 568 g/mol. The molecule has 43 heavy (non-hydrogen) atoms. The predicted molar refractivity (Wildman–Crippen MR) is 171 cm³/mol. The number of aromatic amines is 2. The van der Waals surface area contributed by atoms with Gasteiger partial charge in [0.25, 0.3) is 0 Å². The molecule has 0 saturated heterocycles. The topological polar surface area (TPSA) is 106 Å². The van der Waals surface area contributed by atoms with Crippen LogP contribution in [0.15, 0.2) is 143 Å². The second kappa shape index (κ2) is 12.5. The van der Waals surface area contributed by atoms with Crippen LogP contribution in [0.5, 0.6) is 11.5 Å². The van der Waals surface area contributed by atoms with E-state index < -0.39 is 5.41 Å². The summed E-state index contributed by atoms with van der Waals surface area (Å²) in [5.41, 5.74) is 8.26. The van der Waals surface area contributed by atoms with Crippen molar-refractivity contribution in [3.05, 3.63) is 188 Å². The third-order valence-electron chi connectivity index (χ3n) is 7.38. The Labute approximate surface area is 249 Å². The van der Waals surface area contributed by atoms with Gasteiger partial charge in [-0.05, 0) is 83.6 Å². The van der Waals surface area contributed by atoms with Crippen LogP contribution in [0, 0.1) is 13.8 Å². The SMILES string of the molecule is Cc1cccc(=O)[nH]1.Cc1cccc(=O)[nH]1.Oc1ccc(C2(c3ccc(O)cc3)c3ccccc3-c3ccccc32)cc1. The predicted octanol–water partition coefficient (Wildman–Crippen LogP) is 6.83. The lowest BCUT2D eigenvalue weighted by Gasteiger charge is -2.33. The van der Waals surface area contributed by atoms with E-state index >= 15 is 0 Å². The van der Waals surface area contributed by atoms with Crippen LogP contribution in [-0.4, -0.2) is 20.2 Å². The number of aromatic hydroxyl groups is 2. The van der Waals surface area contributed by atoms with Crippen LogP contribution in [0.3, 0.4) is 0 Å². The average molecular weight is 569 g/mol. The number of H-pyrrole nitrogens is 2. The third-order valence-corrected chi connectivity index (χ3v) is 7.38. The first-order chi connectivity index (χ1) is 20.8. The van der Waals surface area contributed by atoms with Gasteiger partial charge in [-0.3, -0.25) is 9.59 Å². The van der Waals surface area contributed by atoms with Crippen molar-refractivity contribution in [2.75, 3.05) is 0 Å². The minimum absolute atomic E-state index is 0.0370. The number of hydrogen-bond acceptors (Lipinski definition) is 4. The summed E-state index contributed by atoms with van der Waals surface area (Å²) in [5, 5.41) is 19.7. The lowest BCUT2D eigenvalue weighted by Crippen LogP contribution is -2.28. The van der Waals surface area contributed by atoms with Gasteiger partial charge in [-0.25, -0.2) is 0 Å². The Balaban J connectivity index is 0.000000188. The van der Waals surface area contributed by atoms with E-state index in [0.717, 1.165) is 22.5 Å². The molecule has 4 aromatic carbocycles. The van der Waals surface area contributed by atoms with Crippen LogP contribution >= 0.6 is 0 Å². The molecule has 0 unspecified atom stereocenters. The Morgan fingerprint density at radius 3 is 1.16 bits per heavy atom. The van der Waals surface area contributed by atoms with Crippen LogP contribution in [0.1, 0.15) is 33.6 Å². The number of rotatable bonds is 2. The van der Waals surface area contributed by atoms with E-state index in [4.69, 9.17) is 0 Å². The lowest BCUT2D eigenvalue weighted by atomic mass is 9.68. The molecule has 0 spiro atoms. The number of hydrogen-bond donors (Lipinski definition) is 4. The van der Waals surface area contributed by atoms with Crippen molar-refractivity contribution >= 4 is 0 Å². The number of aromatic nitrogens is 2. The minimum Gasteiger partial charge on any atom is -0.508 e. The van der Waals surface area contributed by atoms with E-state index in [9.17, 15) is 19.8 Å². The Hall–Kier alpha value is -5.62. The molecule has 7 rings (SSSR count). The Kier molecular flexibility index (Phi) is 8.39. The molecule has 0 fully saturated rings. The Bertz CT molecular complexity index is 1810. The quantitative estimate of drug-likeness (QED) is 0.183. The number of aryl methyl sites for hydroxylation is 2. The fraction of sp³-hybridized carbons (Fsp3) is 0.0811. The number of phenols is 2. The normalized spacial score (nSPS) is 12.0. The van der Waals surface area contributed by atoms with Crippen molar-refractivity contribution in [2.45, 2.75) is 19.3 Å². The molecule has 0 radical (unpaired) electrons. The van der Waals surface area contributed by atoms with Gasteiger partial charge in [0.2, 0.25) is 11.1 Å². The Morgan fingerprint density at radius 2 is 0.837 bits per heavy atom. The number of phenolic OH excluding ortho intramolecular Hbond substituents is 2. The van der Waals surface area contributed by atoms with Crippen LogP contribution in [-0.2, 0) is 5.41 Å². The Morgan fingerprint density at radius 1 is 0.465 bits per heavy atom. The molecule has 4 N–H and O–H groups in total. The van der Waals surface area contributed by atoms with Crippen LogP contribution in [0.4, 0.5) is 0 Å². The number of pyridine rings is 2. The smallest absolute Gasteiger partial charge is 0.248 e. The van der Waals surface area contributed by atoms with Crippen LogP contribution < -0.4 is 11.1 Å². The van der Waals surface area contributed by atoms with E-state index in [1.54, 1.807) is 36.4 Å². The van der Waals surface area contributed by atoms with Crippen molar-refractivity contribution in [2.24, 2.45) is 0 Å². The van der Waals surface area contributed by atoms with E-state index in [-0.39, 0.29) is 22.6 Å². The van der Waals surface area contributed by atoms with Gasteiger partial charge in [-0.1, -0.05) is 84.9 Å². The molecule has 2 heterocycles. The van der Waals surface area contributed by atoms with E-state index in [1.807, 2.05) is 50.2 Å². The first kappa shape index (κ1) is 28.9. The minimum atomic E-state index is -0.491. The van der Waals surface area contributed by atoms with Crippen molar-refractivity contribution in [3.8, 4) is 22.6 Å². The zero-order chi connectivity index (χ0) is 30.4. The third kappa shape index (κ3) is 6.04. The largest absolute Gasteiger partial charge is 0.508 e. The molecule has 6 nitrogen and oxygen atoms in total. The summed E-state index contributed by atoms with van der Waals surface area (Å²) >= 11 is 0. The molecule has 214 valence electrons. The molecule has 0 amide bonds. The van der Waals surface area contributed by atoms with Gasteiger partial charge < -0.3 is 20.2 Å². The van der Waals surface area contributed by atoms with Gasteiger partial charge in [-0.2, -0.15) is 0 Å². The fourth-order valence-electron chi connectivity index (χ4n) is 5.56. The second-order valence-corrected chi connectivity index (χ2v) is 10.3. The molecular weight excluding hydrogens is 536 g/mol. The maximum Gasteiger partial charge on any atom is 0.248 e. The number of fused-ring (bicyclic) bond motifs is 3. The maximum absolute atomic E-state index is 10.4. The molecule has 6 heteroatoms. The van der Waals surface area contributed by atoms with Crippen LogP contribution in [0.25, 0.3) is 11.1 Å². The molecule has 2 aromatic heterocycles. The molecular formula is C37H32N2O4. The highest BCUT2D eigenvalue weighted by molar-refractivity contribution is 5.86. The highest BCUT2D eigenvalue weighted by Gasteiger charge is 2.45. The first-order valence-corrected chi connectivity index (χ1v) is 13.9. The summed E-state index contributed by atoms with van der Waals surface area (Å²) < 4.78 is 0. The summed E-state index contributed by atoms with van der Waals surface area (Å²) in [7, 11) is 0. The van der Waals surface area contributed by atoms with E-state index in [2.05, 4.69) is 58.5 Å².